The second-order valence-corrected chi connectivity index (χ2v) is 6.35. The monoisotopic (exact) mass is 370 g/mol. The Morgan fingerprint density at radius 1 is 1.14 bits per heavy atom. The molecule has 0 heterocycles. The van der Waals surface area contributed by atoms with Crippen LogP contribution in [0.3, 0.4) is 0 Å². The molecule has 1 aromatic rings. The first-order chi connectivity index (χ1) is 10.5. The number of rotatable bonds is 8. The van der Waals surface area contributed by atoms with E-state index in [4.69, 9.17) is 9.47 Å². The maximum Gasteiger partial charge on any atom is 0.308 e. The minimum absolute atomic E-state index is 0.0281. The van der Waals surface area contributed by atoms with Gasteiger partial charge < -0.3 is 9.47 Å². The molecule has 122 valence electrons. The van der Waals surface area contributed by atoms with E-state index in [2.05, 4.69) is 22.9 Å². The van der Waals surface area contributed by atoms with E-state index in [9.17, 15) is 9.59 Å². The van der Waals surface area contributed by atoms with E-state index >= 15 is 0 Å². The van der Waals surface area contributed by atoms with Gasteiger partial charge in [0.1, 0.15) is 11.9 Å². The number of esters is 2. The highest BCUT2D eigenvalue weighted by atomic mass is 79.9. The van der Waals surface area contributed by atoms with Gasteiger partial charge in [-0.15, -0.1) is 0 Å². The lowest BCUT2D eigenvalue weighted by Crippen LogP contribution is -2.20. The van der Waals surface area contributed by atoms with Gasteiger partial charge in [-0.2, -0.15) is 0 Å². The molecule has 0 aliphatic rings. The van der Waals surface area contributed by atoms with Crippen LogP contribution in [0.4, 0.5) is 0 Å². The summed E-state index contributed by atoms with van der Waals surface area (Å²) in [7, 11) is 0. The van der Waals surface area contributed by atoms with Crippen molar-refractivity contribution in [1.29, 1.82) is 0 Å². The van der Waals surface area contributed by atoms with Crippen LogP contribution in [0, 0.1) is 0 Å². The molecule has 0 aliphatic heterocycles. The summed E-state index contributed by atoms with van der Waals surface area (Å²) < 4.78 is 10.7. The average molecular weight is 371 g/mol. The highest BCUT2D eigenvalue weighted by Crippen LogP contribution is 2.35. The summed E-state index contributed by atoms with van der Waals surface area (Å²) in [4.78, 5) is 22.7. The number of halogens is 1. The zero-order valence-electron chi connectivity index (χ0n) is 13.3. The summed E-state index contributed by atoms with van der Waals surface area (Å²) in [5.74, 6) is -0.324. The van der Waals surface area contributed by atoms with E-state index in [1.165, 1.54) is 13.8 Å². The molecule has 5 heteroatoms. The van der Waals surface area contributed by atoms with Crippen molar-refractivity contribution in [2.24, 2.45) is 0 Å². The van der Waals surface area contributed by atoms with Crippen LogP contribution in [0.15, 0.2) is 24.3 Å². The summed E-state index contributed by atoms with van der Waals surface area (Å²) >= 11 is 3.62. The van der Waals surface area contributed by atoms with Crippen molar-refractivity contribution in [3.63, 3.8) is 0 Å². The van der Waals surface area contributed by atoms with E-state index in [0.29, 0.717) is 11.3 Å². The van der Waals surface area contributed by atoms with Crippen LogP contribution in [0.1, 0.15) is 58.1 Å². The number of hydrogen-bond donors (Lipinski definition) is 0. The molecule has 2 atom stereocenters. The number of para-hydroxylation sites is 1. The fourth-order valence-corrected chi connectivity index (χ4v) is 2.93. The van der Waals surface area contributed by atoms with Crippen LogP contribution >= 0.6 is 15.9 Å². The zero-order valence-corrected chi connectivity index (χ0v) is 14.9. The molecule has 0 N–H and O–H groups in total. The predicted molar refractivity (Wildman–Crippen MR) is 89.1 cm³/mol. The summed E-state index contributed by atoms with van der Waals surface area (Å²) in [5, 5.41) is 0. The van der Waals surface area contributed by atoms with E-state index in [1.807, 2.05) is 12.1 Å². The summed E-state index contributed by atoms with van der Waals surface area (Å²) in [5.41, 5.74) is 0.700. The lowest BCUT2D eigenvalue weighted by atomic mass is 10.0. The maximum absolute atomic E-state index is 11.4. The van der Waals surface area contributed by atoms with Gasteiger partial charge in [-0.25, -0.2) is 0 Å². The Bertz CT molecular complexity index is 501. The van der Waals surface area contributed by atoms with Crippen LogP contribution in [-0.4, -0.2) is 16.8 Å². The lowest BCUT2D eigenvalue weighted by molar-refractivity contribution is -0.146. The predicted octanol–water partition coefficient (Wildman–Crippen LogP) is 4.56. The first kappa shape index (κ1) is 18.7. The largest absolute Gasteiger partial charge is 0.456 e. The van der Waals surface area contributed by atoms with E-state index in [1.54, 1.807) is 12.1 Å². The third-order valence-corrected chi connectivity index (χ3v) is 4.12. The van der Waals surface area contributed by atoms with Crippen molar-refractivity contribution in [2.75, 3.05) is 0 Å². The number of ether oxygens (including phenoxy) is 2. The first-order valence-corrected chi connectivity index (χ1v) is 8.45. The molecule has 0 amide bonds. The quantitative estimate of drug-likeness (QED) is 0.291. The van der Waals surface area contributed by atoms with Crippen molar-refractivity contribution in [3.05, 3.63) is 29.8 Å². The SMILES string of the molecule is CCCCCC(Br)C(OC(C)=O)c1ccccc1OC(C)=O. The number of hydrogen-bond acceptors (Lipinski definition) is 4. The van der Waals surface area contributed by atoms with Crippen molar-refractivity contribution in [3.8, 4) is 5.75 Å². The molecule has 1 aromatic carbocycles. The molecule has 0 fully saturated rings. The smallest absolute Gasteiger partial charge is 0.308 e. The Labute approximate surface area is 140 Å². The third kappa shape index (κ3) is 6.18. The third-order valence-electron chi connectivity index (χ3n) is 3.18. The van der Waals surface area contributed by atoms with Gasteiger partial charge in [0.25, 0.3) is 0 Å². The van der Waals surface area contributed by atoms with E-state index < -0.39 is 12.1 Å². The average Bonchev–Trinajstić information content (AvgIpc) is 2.45. The second-order valence-electron chi connectivity index (χ2n) is 5.17. The van der Waals surface area contributed by atoms with Crippen LogP contribution < -0.4 is 4.74 Å². The molecule has 0 saturated carbocycles. The van der Waals surface area contributed by atoms with Gasteiger partial charge in [0, 0.05) is 19.4 Å². The first-order valence-electron chi connectivity index (χ1n) is 7.54. The standard InChI is InChI=1S/C17H23BrO4/c1-4-5-6-10-15(18)17(22-13(3)20)14-9-7-8-11-16(14)21-12(2)19/h7-9,11,15,17H,4-6,10H2,1-3H3. The Balaban J connectivity index is 3.00. The summed E-state index contributed by atoms with van der Waals surface area (Å²) in [6, 6.07) is 7.15. The molecule has 0 aliphatic carbocycles. The Morgan fingerprint density at radius 2 is 1.82 bits per heavy atom. The number of alkyl halides is 1. The molecule has 0 aromatic heterocycles. The van der Waals surface area contributed by atoms with Crippen LogP contribution in [0.5, 0.6) is 5.75 Å². The minimum Gasteiger partial charge on any atom is -0.456 e. The maximum atomic E-state index is 11.4. The van der Waals surface area contributed by atoms with Gasteiger partial charge in [-0.3, -0.25) is 9.59 Å². The van der Waals surface area contributed by atoms with Gasteiger partial charge >= 0.3 is 11.9 Å². The number of carbonyl (C=O) groups excluding carboxylic acids is 2. The molecular weight excluding hydrogens is 348 g/mol. The van der Waals surface area contributed by atoms with Gasteiger partial charge in [-0.05, 0) is 12.5 Å². The molecule has 2 unspecified atom stereocenters. The molecule has 0 saturated heterocycles. The van der Waals surface area contributed by atoms with Gasteiger partial charge in [0.2, 0.25) is 0 Å². The minimum atomic E-state index is -0.482. The van der Waals surface area contributed by atoms with Crippen LogP contribution in [0.25, 0.3) is 0 Å². The van der Waals surface area contributed by atoms with Crippen LogP contribution in [0.2, 0.25) is 0 Å². The molecule has 1 rings (SSSR count). The molecule has 0 bridgehead atoms. The highest BCUT2D eigenvalue weighted by Gasteiger charge is 2.27. The number of carbonyl (C=O) groups is 2. The molecular formula is C17H23BrO4. The Kier molecular flexibility index (Phi) is 8.17. The fraction of sp³-hybridized carbons (Fsp3) is 0.529. The van der Waals surface area contributed by atoms with Crippen molar-refractivity contribution in [2.45, 2.75) is 57.4 Å². The van der Waals surface area contributed by atoms with Crippen LogP contribution in [-0.2, 0) is 14.3 Å². The fourth-order valence-electron chi connectivity index (χ4n) is 2.22. The number of benzene rings is 1. The van der Waals surface area contributed by atoms with Gasteiger partial charge in [0.05, 0.1) is 4.83 Å². The topological polar surface area (TPSA) is 52.6 Å². The second kappa shape index (κ2) is 9.62. The van der Waals surface area contributed by atoms with E-state index in [-0.39, 0.29) is 10.8 Å². The van der Waals surface area contributed by atoms with Crippen molar-refractivity contribution < 1.29 is 19.1 Å². The molecule has 4 nitrogen and oxygen atoms in total. The summed E-state index contributed by atoms with van der Waals surface area (Å²) in [6.45, 7) is 4.88. The Hall–Kier alpha value is -1.36. The summed E-state index contributed by atoms with van der Waals surface area (Å²) in [6.07, 6.45) is 3.69. The molecule has 22 heavy (non-hydrogen) atoms. The Morgan fingerprint density at radius 3 is 2.41 bits per heavy atom. The molecule has 0 radical (unpaired) electrons. The van der Waals surface area contributed by atoms with Crippen molar-refractivity contribution >= 4 is 27.9 Å². The number of unbranched alkanes of at least 4 members (excludes halogenated alkanes) is 2. The van der Waals surface area contributed by atoms with E-state index in [0.717, 1.165) is 25.7 Å². The zero-order chi connectivity index (χ0) is 16.5. The molecule has 0 spiro atoms. The normalized spacial score (nSPS) is 13.3. The van der Waals surface area contributed by atoms with Crippen molar-refractivity contribution in [1.82, 2.24) is 0 Å². The highest BCUT2D eigenvalue weighted by molar-refractivity contribution is 9.09. The van der Waals surface area contributed by atoms with Gasteiger partial charge in [0.15, 0.2) is 0 Å². The lowest BCUT2D eigenvalue weighted by Gasteiger charge is -2.24. The van der Waals surface area contributed by atoms with Gasteiger partial charge in [-0.1, -0.05) is 60.3 Å².